The van der Waals surface area contributed by atoms with Crippen LogP contribution in [0.2, 0.25) is 0 Å². The Hall–Kier alpha value is -0.970. The number of benzene rings is 1. The molecule has 1 heterocycles. The minimum Gasteiger partial charge on any atom is -0.396 e. The van der Waals surface area contributed by atoms with Gasteiger partial charge in [0, 0.05) is 25.3 Å². The van der Waals surface area contributed by atoms with E-state index in [9.17, 15) is 9.50 Å². The van der Waals surface area contributed by atoms with Crippen LogP contribution >= 0.6 is 0 Å². The summed E-state index contributed by atoms with van der Waals surface area (Å²) in [4.78, 5) is 2.31. The van der Waals surface area contributed by atoms with Crippen molar-refractivity contribution in [3.8, 4) is 0 Å². The van der Waals surface area contributed by atoms with Gasteiger partial charge in [-0.3, -0.25) is 0 Å². The summed E-state index contributed by atoms with van der Waals surface area (Å²) in [6.45, 7) is 3.03. The summed E-state index contributed by atoms with van der Waals surface area (Å²) in [6.07, 6.45) is 2.97. The zero-order chi connectivity index (χ0) is 14.4. The third kappa shape index (κ3) is 4.27. The van der Waals surface area contributed by atoms with E-state index in [1.54, 1.807) is 18.2 Å². The van der Waals surface area contributed by atoms with Crippen molar-refractivity contribution < 1.29 is 14.6 Å². The summed E-state index contributed by atoms with van der Waals surface area (Å²) in [5.74, 6) is 0.219. The summed E-state index contributed by atoms with van der Waals surface area (Å²) < 4.78 is 13.6. The van der Waals surface area contributed by atoms with Crippen molar-refractivity contribution in [3.63, 3.8) is 0 Å². The number of halogens is 1. The first kappa shape index (κ1) is 15.4. The van der Waals surface area contributed by atoms with E-state index in [1.165, 1.54) is 12.5 Å². The Labute approximate surface area is 120 Å². The van der Waals surface area contributed by atoms with Crippen molar-refractivity contribution in [3.05, 3.63) is 35.6 Å². The first-order valence-electron chi connectivity index (χ1n) is 7.46. The summed E-state index contributed by atoms with van der Waals surface area (Å²) in [7, 11) is 0. The lowest BCUT2D eigenvalue weighted by molar-refractivity contribution is 0.108. The molecule has 1 fully saturated rings. The van der Waals surface area contributed by atoms with E-state index in [-0.39, 0.29) is 12.4 Å². The number of hydrogen-bond donors (Lipinski definition) is 2. The Morgan fingerprint density at radius 2 is 2.15 bits per heavy atom. The molecule has 1 saturated heterocycles. The largest absolute Gasteiger partial charge is 0.396 e. The third-order valence-corrected chi connectivity index (χ3v) is 4.12. The van der Waals surface area contributed by atoms with Crippen molar-refractivity contribution >= 4 is 0 Å². The molecule has 4 heteroatoms. The molecule has 0 amide bonds. The van der Waals surface area contributed by atoms with Gasteiger partial charge in [-0.2, -0.15) is 0 Å². The minimum absolute atomic E-state index is 0.246. The highest BCUT2D eigenvalue weighted by atomic mass is 19.1. The first-order valence-corrected chi connectivity index (χ1v) is 7.46. The maximum Gasteiger partial charge on any atom is 0.128 e. The lowest BCUT2D eigenvalue weighted by Crippen LogP contribution is -2.36. The first-order chi connectivity index (χ1) is 9.70. The molecule has 1 aromatic rings. The van der Waals surface area contributed by atoms with Gasteiger partial charge in [0.05, 0.1) is 6.10 Å². The maximum atomic E-state index is 13.6. The van der Waals surface area contributed by atoms with Crippen LogP contribution < -0.4 is 0 Å². The molecule has 0 aromatic heterocycles. The lowest BCUT2D eigenvalue weighted by Gasteiger charge is -2.33. The Morgan fingerprint density at radius 1 is 1.35 bits per heavy atom. The molecular weight excluding hydrogens is 257 g/mol. The molecule has 0 aliphatic carbocycles. The van der Waals surface area contributed by atoms with Gasteiger partial charge < -0.3 is 15.1 Å². The number of nitrogens with zero attached hydrogens (tertiary/aromatic N) is 1. The molecular formula is C16H24FNO2. The molecule has 2 atom stereocenters. The van der Waals surface area contributed by atoms with E-state index in [1.807, 2.05) is 0 Å². The molecule has 2 N–H and O–H groups in total. The number of aliphatic hydroxyl groups is 2. The molecule has 2 unspecified atom stereocenters. The minimum atomic E-state index is -0.741. The van der Waals surface area contributed by atoms with Crippen LogP contribution in [0.25, 0.3) is 0 Å². The molecule has 0 bridgehead atoms. The van der Waals surface area contributed by atoms with Crippen LogP contribution in [0.3, 0.4) is 0 Å². The topological polar surface area (TPSA) is 43.7 Å². The van der Waals surface area contributed by atoms with Crippen molar-refractivity contribution in [1.29, 1.82) is 0 Å². The van der Waals surface area contributed by atoms with E-state index in [0.29, 0.717) is 17.9 Å². The highest BCUT2D eigenvalue weighted by Gasteiger charge is 2.20. The zero-order valence-electron chi connectivity index (χ0n) is 11.8. The van der Waals surface area contributed by atoms with Crippen molar-refractivity contribution in [2.24, 2.45) is 5.92 Å². The summed E-state index contributed by atoms with van der Waals surface area (Å²) in [5.41, 5.74) is 0.386. The number of aliphatic hydroxyl groups excluding tert-OH is 2. The van der Waals surface area contributed by atoms with Gasteiger partial charge in [-0.25, -0.2) is 4.39 Å². The highest BCUT2D eigenvalue weighted by molar-refractivity contribution is 5.19. The van der Waals surface area contributed by atoms with Gasteiger partial charge in [-0.15, -0.1) is 0 Å². The van der Waals surface area contributed by atoms with E-state index in [2.05, 4.69) is 4.90 Å². The average molecular weight is 281 g/mol. The Morgan fingerprint density at radius 3 is 2.90 bits per heavy atom. The predicted molar refractivity (Wildman–Crippen MR) is 76.8 cm³/mol. The van der Waals surface area contributed by atoms with E-state index in [0.717, 1.165) is 32.5 Å². The van der Waals surface area contributed by atoms with Crippen LogP contribution in [0.4, 0.5) is 4.39 Å². The van der Waals surface area contributed by atoms with Crippen LogP contribution in [0.15, 0.2) is 24.3 Å². The van der Waals surface area contributed by atoms with Crippen LogP contribution in [-0.2, 0) is 0 Å². The number of rotatable bonds is 6. The van der Waals surface area contributed by atoms with Gasteiger partial charge in [0.15, 0.2) is 0 Å². The highest BCUT2D eigenvalue weighted by Crippen LogP contribution is 2.23. The summed E-state index contributed by atoms with van der Waals surface area (Å²) in [5, 5.41) is 19.1. The predicted octanol–water partition coefficient (Wildman–Crippen LogP) is 2.34. The number of piperidine rings is 1. The molecule has 1 aromatic carbocycles. The fourth-order valence-corrected chi connectivity index (χ4v) is 2.98. The smallest absolute Gasteiger partial charge is 0.128 e. The molecule has 0 saturated carbocycles. The molecule has 1 aliphatic heterocycles. The van der Waals surface area contributed by atoms with Crippen molar-refractivity contribution in [2.75, 3.05) is 26.2 Å². The number of hydrogen-bond acceptors (Lipinski definition) is 3. The van der Waals surface area contributed by atoms with E-state index < -0.39 is 6.10 Å². The van der Waals surface area contributed by atoms with Gasteiger partial charge in [0.1, 0.15) is 5.82 Å². The van der Waals surface area contributed by atoms with Gasteiger partial charge >= 0.3 is 0 Å². The van der Waals surface area contributed by atoms with E-state index in [4.69, 9.17) is 5.11 Å². The van der Waals surface area contributed by atoms with Crippen LogP contribution in [0.1, 0.15) is 37.4 Å². The van der Waals surface area contributed by atoms with Gasteiger partial charge in [0.2, 0.25) is 0 Å². The quantitative estimate of drug-likeness (QED) is 0.841. The monoisotopic (exact) mass is 281 g/mol. The van der Waals surface area contributed by atoms with E-state index >= 15 is 0 Å². The second kappa shape index (κ2) is 7.72. The SMILES string of the molecule is OCCC1CCCN(CCC(O)c2ccccc2F)C1. The van der Waals surface area contributed by atoms with Crippen molar-refractivity contribution in [1.82, 2.24) is 4.90 Å². The Bertz CT molecular complexity index is 411. The molecule has 3 nitrogen and oxygen atoms in total. The molecule has 1 aliphatic rings. The average Bonchev–Trinajstić information content (AvgIpc) is 2.46. The van der Waals surface area contributed by atoms with Gasteiger partial charge in [0.25, 0.3) is 0 Å². The van der Waals surface area contributed by atoms with Crippen LogP contribution in [0.5, 0.6) is 0 Å². The fourth-order valence-electron chi connectivity index (χ4n) is 2.98. The second-order valence-corrected chi connectivity index (χ2v) is 5.65. The lowest BCUT2D eigenvalue weighted by atomic mass is 9.95. The molecule has 0 spiro atoms. The molecule has 112 valence electrons. The van der Waals surface area contributed by atoms with Crippen LogP contribution in [-0.4, -0.2) is 41.4 Å². The Balaban J connectivity index is 1.81. The fraction of sp³-hybridized carbons (Fsp3) is 0.625. The molecule has 2 rings (SSSR count). The van der Waals surface area contributed by atoms with Crippen LogP contribution in [0, 0.1) is 11.7 Å². The van der Waals surface area contributed by atoms with Gasteiger partial charge in [-0.05, 0) is 44.2 Å². The van der Waals surface area contributed by atoms with Gasteiger partial charge in [-0.1, -0.05) is 18.2 Å². The molecule has 0 radical (unpaired) electrons. The normalized spacial score (nSPS) is 21.9. The molecule has 20 heavy (non-hydrogen) atoms. The standard InChI is InChI=1S/C16H24FNO2/c17-15-6-2-1-5-14(15)16(20)7-10-18-9-3-4-13(12-18)8-11-19/h1-2,5-6,13,16,19-20H,3-4,7-12H2. The summed E-state index contributed by atoms with van der Waals surface area (Å²) in [6, 6.07) is 6.41. The maximum absolute atomic E-state index is 13.6. The summed E-state index contributed by atoms with van der Waals surface area (Å²) >= 11 is 0. The second-order valence-electron chi connectivity index (χ2n) is 5.65. The Kier molecular flexibility index (Phi) is 5.95. The zero-order valence-corrected chi connectivity index (χ0v) is 11.8. The number of likely N-dealkylation sites (tertiary alicyclic amines) is 1. The van der Waals surface area contributed by atoms with Crippen molar-refractivity contribution in [2.45, 2.75) is 31.8 Å². The third-order valence-electron chi connectivity index (χ3n) is 4.12.